The highest BCUT2D eigenvalue weighted by molar-refractivity contribution is 5.89. The maximum atomic E-state index is 12.0. The van der Waals surface area contributed by atoms with Crippen molar-refractivity contribution in [2.24, 2.45) is 0 Å². The molecule has 0 saturated heterocycles. The van der Waals surface area contributed by atoms with Crippen LogP contribution >= 0.6 is 0 Å². The number of hydrogen-bond acceptors (Lipinski definition) is 2. The van der Waals surface area contributed by atoms with Crippen LogP contribution in [0.3, 0.4) is 0 Å². The van der Waals surface area contributed by atoms with Crippen molar-refractivity contribution in [3.8, 4) is 11.5 Å². The van der Waals surface area contributed by atoms with Crippen molar-refractivity contribution in [3.05, 3.63) is 54.6 Å². The lowest BCUT2D eigenvalue weighted by Gasteiger charge is -2.17. The molecule has 0 radical (unpaired) electrons. The second-order valence-corrected chi connectivity index (χ2v) is 5.14. The van der Waals surface area contributed by atoms with E-state index in [9.17, 15) is 4.79 Å². The van der Waals surface area contributed by atoms with Crippen LogP contribution in [0.25, 0.3) is 0 Å². The minimum Gasteiger partial charge on any atom is -0.457 e. The van der Waals surface area contributed by atoms with Gasteiger partial charge in [-0.25, -0.2) is 4.79 Å². The molecule has 0 bridgehead atoms. The Morgan fingerprint density at radius 1 is 1.05 bits per heavy atom. The van der Waals surface area contributed by atoms with Crippen molar-refractivity contribution in [2.45, 2.75) is 19.8 Å². The lowest BCUT2D eigenvalue weighted by Crippen LogP contribution is -2.32. The highest BCUT2D eigenvalue weighted by Gasteiger charge is 2.08. The molecule has 4 heteroatoms. The van der Waals surface area contributed by atoms with Crippen LogP contribution in [0.15, 0.2) is 54.6 Å². The first-order chi connectivity index (χ1) is 10.7. The third kappa shape index (κ3) is 4.81. The lowest BCUT2D eigenvalue weighted by atomic mass is 10.3. The monoisotopic (exact) mass is 298 g/mol. The number of amides is 2. The van der Waals surface area contributed by atoms with Crippen LogP contribution in [-0.4, -0.2) is 24.5 Å². The van der Waals surface area contributed by atoms with Gasteiger partial charge in [-0.3, -0.25) is 0 Å². The van der Waals surface area contributed by atoms with Crippen molar-refractivity contribution in [1.29, 1.82) is 0 Å². The molecule has 2 amide bonds. The van der Waals surface area contributed by atoms with Gasteiger partial charge in [0.1, 0.15) is 11.5 Å². The Morgan fingerprint density at radius 2 is 1.68 bits per heavy atom. The summed E-state index contributed by atoms with van der Waals surface area (Å²) in [7, 11) is 1.80. The number of benzene rings is 2. The van der Waals surface area contributed by atoms with Crippen LogP contribution < -0.4 is 10.1 Å². The molecule has 22 heavy (non-hydrogen) atoms. The first-order valence-electron chi connectivity index (χ1n) is 7.54. The number of urea groups is 1. The normalized spacial score (nSPS) is 10.1. The van der Waals surface area contributed by atoms with E-state index in [0.717, 1.165) is 36.6 Å². The predicted octanol–water partition coefficient (Wildman–Crippen LogP) is 4.74. The number of carbonyl (C=O) groups is 1. The molecule has 4 nitrogen and oxygen atoms in total. The molecule has 0 aliphatic heterocycles. The molecular formula is C18H22N2O2. The largest absolute Gasteiger partial charge is 0.457 e. The summed E-state index contributed by atoms with van der Waals surface area (Å²) in [6.07, 6.45) is 2.08. The smallest absolute Gasteiger partial charge is 0.321 e. The second kappa shape index (κ2) is 8.08. The molecule has 0 atom stereocenters. The van der Waals surface area contributed by atoms with Crippen molar-refractivity contribution >= 4 is 11.7 Å². The van der Waals surface area contributed by atoms with Crippen LogP contribution in [0, 0.1) is 0 Å². The summed E-state index contributed by atoms with van der Waals surface area (Å²) in [4.78, 5) is 13.7. The summed E-state index contributed by atoms with van der Waals surface area (Å²) in [5.74, 6) is 1.53. The van der Waals surface area contributed by atoms with Gasteiger partial charge in [-0.2, -0.15) is 0 Å². The number of ether oxygens (including phenoxy) is 1. The number of para-hydroxylation sites is 1. The highest BCUT2D eigenvalue weighted by atomic mass is 16.5. The lowest BCUT2D eigenvalue weighted by molar-refractivity contribution is 0.222. The first-order valence-corrected chi connectivity index (χ1v) is 7.54. The number of nitrogens with one attached hydrogen (secondary N) is 1. The highest BCUT2D eigenvalue weighted by Crippen LogP contribution is 2.22. The van der Waals surface area contributed by atoms with Crippen molar-refractivity contribution < 1.29 is 9.53 Å². The van der Waals surface area contributed by atoms with Crippen LogP contribution in [0.1, 0.15) is 19.8 Å². The Hall–Kier alpha value is -2.49. The number of hydrogen-bond donors (Lipinski definition) is 1. The Labute approximate surface area is 131 Å². The average molecular weight is 298 g/mol. The zero-order valence-electron chi connectivity index (χ0n) is 13.1. The van der Waals surface area contributed by atoms with Crippen LogP contribution in [-0.2, 0) is 0 Å². The Bertz CT molecular complexity index is 582. The SMILES string of the molecule is CCCCN(C)C(=O)Nc1ccc(Oc2ccccc2)cc1. The Morgan fingerprint density at radius 3 is 2.32 bits per heavy atom. The number of unbranched alkanes of at least 4 members (excludes halogenated alkanes) is 1. The summed E-state index contributed by atoms with van der Waals surface area (Å²) in [5.41, 5.74) is 0.758. The predicted molar refractivity (Wildman–Crippen MR) is 89.5 cm³/mol. The van der Waals surface area contributed by atoms with E-state index in [1.807, 2.05) is 54.6 Å². The molecule has 1 N–H and O–H groups in total. The van der Waals surface area contributed by atoms with E-state index in [1.165, 1.54) is 0 Å². The molecule has 0 spiro atoms. The molecule has 2 aromatic rings. The van der Waals surface area contributed by atoms with Gasteiger partial charge in [0.25, 0.3) is 0 Å². The number of anilines is 1. The average Bonchev–Trinajstić information content (AvgIpc) is 2.55. The molecule has 0 aliphatic rings. The van der Waals surface area contributed by atoms with Gasteiger partial charge in [0.15, 0.2) is 0 Å². The topological polar surface area (TPSA) is 41.6 Å². The van der Waals surface area contributed by atoms with E-state index >= 15 is 0 Å². The molecule has 0 fully saturated rings. The molecule has 0 heterocycles. The number of nitrogens with zero attached hydrogens (tertiary/aromatic N) is 1. The quantitative estimate of drug-likeness (QED) is 0.836. The zero-order chi connectivity index (χ0) is 15.8. The van der Waals surface area contributed by atoms with Gasteiger partial charge < -0.3 is 15.0 Å². The maximum Gasteiger partial charge on any atom is 0.321 e. The van der Waals surface area contributed by atoms with Gasteiger partial charge in [-0.15, -0.1) is 0 Å². The van der Waals surface area contributed by atoms with Crippen molar-refractivity contribution in [3.63, 3.8) is 0 Å². The Kier molecular flexibility index (Phi) is 5.83. The first kappa shape index (κ1) is 15.9. The second-order valence-electron chi connectivity index (χ2n) is 5.14. The molecule has 0 aliphatic carbocycles. The minimum absolute atomic E-state index is 0.0924. The zero-order valence-corrected chi connectivity index (χ0v) is 13.1. The summed E-state index contributed by atoms with van der Waals surface area (Å²) in [6.45, 7) is 2.87. The number of rotatable bonds is 6. The molecule has 2 rings (SSSR count). The third-order valence-corrected chi connectivity index (χ3v) is 3.28. The van der Waals surface area contributed by atoms with E-state index in [-0.39, 0.29) is 6.03 Å². The van der Waals surface area contributed by atoms with Crippen molar-refractivity contribution in [2.75, 3.05) is 18.9 Å². The van der Waals surface area contributed by atoms with Gasteiger partial charge >= 0.3 is 6.03 Å². The van der Waals surface area contributed by atoms with Crippen LogP contribution in [0.2, 0.25) is 0 Å². The molecule has 2 aromatic carbocycles. The van der Waals surface area contributed by atoms with E-state index < -0.39 is 0 Å². The Balaban J connectivity index is 1.90. The van der Waals surface area contributed by atoms with Gasteiger partial charge in [-0.1, -0.05) is 31.5 Å². The summed E-state index contributed by atoms with van der Waals surface area (Å²) in [5, 5.41) is 2.87. The molecule has 0 aromatic heterocycles. The van der Waals surface area contributed by atoms with Crippen molar-refractivity contribution in [1.82, 2.24) is 4.90 Å². The fourth-order valence-corrected chi connectivity index (χ4v) is 1.95. The fraction of sp³-hybridized carbons (Fsp3) is 0.278. The van der Waals surface area contributed by atoms with E-state index in [1.54, 1.807) is 11.9 Å². The number of carbonyl (C=O) groups excluding carboxylic acids is 1. The van der Waals surface area contributed by atoms with E-state index in [4.69, 9.17) is 4.74 Å². The summed E-state index contributed by atoms with van der Waals surface area (Å²) >= 11 is 0. The maximum absolute atomic E-state index is 12.0. The molecule has 116 valence electrons. The fourth-order valence-electron chi connectivity index (χ4n) is 1.95. The molecule has 0 saturated carbocycles. The minimum atomic E-state index is -0.0924. The van der Waals surface area contributed by atoms with E-state index in [0.29, 0.717) is 0 Å². The van der Waals surface area contributed by atoms with Gasteiger partial charge in [0.05, 0.1) is 0 Å². The van der Waals surface area contributed by atoms with Gasteiger partial charge in [0, 0.05) is 19.3 Å². The van der Waals surface area contributed by atoms with Gasteiger partial charge in [-0.05, 0) is 42.8 Å². The third-order valence-electron chi connectivity index (χ3n) is 3.28. The summed E-state index contributed by atoms with van der Waals surface area (Å²) < 4.78 is 5.72. The summed E-state index contributed by atoms with van der Waals surface area (Å²) in [6, 6.07) is 16.9. The van der Waals surface area contributed by atoms with Crippen LogP contribution in [0.5, 0.6) is 11.5 Å². The van der Waals surface area contributed by atoms with Gasteiger partial charge in [0.2, 0.25) is 0 Å². The molecule has 0 unspecified atom stereocenters. The van der Waals surface area contributed by atoms with Crippen LogP contribution in [0.4, 0.5) is 10.5 Å². The molecular weight excluding hydrogens is 276 g/mol. The standard InChI is InChI=1S/C18H22N2O2/c1-3-4-14-20(2)18(21)19-15-10-12-17(13-11-15)22-16-8-6-5-7-9-16/h5-13H,3-4,14H2,1-2H3,(H,19,21). The van der Waals surface area contributed by atoms with E-state index in [2.05, 4.69) is 12.2 Å².